The zero-order valence-electron chi connectivity index (χ0n) is 11.5. The molecule has 5 nitrogen and oxygen atoms in total. The molecule has 0 radical (unpaired) electrons. The van der Waals surface area contributed by atoms with Crippen LogP contribution in [0.25, 0.3) is 0 Å². The molecule has 21 heavy (non-hydrogen) atoms. The number of nitrogens with zero attached hydrogens (tertiary/aromatic N) is 1. The van der Waals surface area contributed by atoms with Gasteiger partial charge in [-0.1, -0.05) is 12.1 Å². The molecule has 0 saturated carbocycles. The van der Waals surface area contributed by atoms with E-state index in [1.807, 2.05) is 31.2 Å². The third kappa shape index (κ3) is 4.17. The summed E-state index contributed by atoms with van der Waals surface area (Å²) in [6, 6.07) is 11.0. The molecule has 0 unspecified atom stereocenters. The van der Waals surface area contributed by atoms with Crippen molar-refractivity contribution in [3.8, 4) is 5.75 Å². The van der Waals surface area contributed by atoms with Crippen LogP contribution in [0.2, 0.25) is 0 Å². The van der Waals surface area contributed by atoms with E-state index < -0.39 is 10.7 Å². The Balaban J connectivity index is 1.90. The van der Waals surface area contributed by atoms with Gasteiger partial charge in [-0.05, 0) is 36.8 Å². The van der Waals surface area contributed by atoms with E-state index in [9.17, 15) is 14.5 Å². The van der Waals surface area contributed by atoms with Crippen molar-refractivity contribution >= 4 is 11.4 Å². The lowest BCUT2D eigenvalue weighted by Gasteiger charge is -2.09. The van der Waals surface area contributed by atoms with Crippen LogP contribution in [0.5, 0.6) is 5.75 Å². The summed E-state index contributed by atoms with van der Waals surface area (Å²) >= 11 is 0. The molecule has 0 atom stereocenters. The number of nitrogens with one attached hydrogen (secondary N) is 1. The third-order valence-electron chi connectivity index (χ3n) is 2.83. The Hall–Kier alpha value is -2.63. The van der Waals surface area contributed by atoms with Crippen LogP contribution < -0.4 is 10.1 Å². The number of halogens is 1. The van der Waals surface area contributed by atoms with Crippen LogP contribution in [0.1, 0.15) is 5.56 Å². The van der Waals surface area contributed by atoms with Crippen molar-refractivity contribution in [3.05, 3.63) is 64.0 Å². The minimum Gasteiger partial charge on any atom is -0.492 e. The Bertz CT molecular complexity index is 647. The second-order valence-electron chi connectivity index (χ2n) is 4.51. The van der Waals surface area contributed by atoms with Crippen molar-refractivity contribution in [2.45, 2.75) is 6.92 Å². The highest BCUT2D eigenvalue weighted by atomic mass is 19.1. The first-order valence-electron chi connectivity index (χ1n) is 6.43. The Morgan fingerprint density at radius 1 is 1.29 bits per heavy atom. The lowest BCUT2D eigenvalue weighted by Crippen LogP contribution is -2.12. The minimum atomic E-state index is -0.636. The lowest BCUT2D eigenvalue weighted by atomic mass is 10.2. The second kappa shape index (κ2) is 6.69. The molecule has 0 aliphatic carbocycles. The number of nitro benzene ring substituents is 1. The molecule has 0 amide bonds. The summed E-state index contributed by atoms with van der Waals surface area (Å²) in [5, 5.41) is 13.7. The standard InChI is InChI=1S/C15H15FN2O3/c1-11-3-2-4-13(9-11)21-8-7-17-14-6-5-12(16)10-15(14)18(19)20/h2-6,9-10,17H,7-8H2,1H3. The smallest absolute Gasteiger partial charge is 0.295 e. The molecule has 0 saturated heterocycles. The average molecular weight is 290 g/mol. The van der Waals surface area contributed by atoms with Gasteiger partial charge in [0, 0.05) is 6.54 Å². The number of hydrogen-bond donors (Lipinski definition) is 1. The monoisotopic (exact) mass is 290 g/mol. The maximum atomic E-state index is 13.0. The van der Waals surface area contributed by atoms with Gasteiger partial charge in [0.1, 0.15) is 23.9 Å². The van der Waals surface area contributed by atoms with Gasteiger partial charge >= 0.3 is 0 Å². The molecular formula is C15H15FN2O3. The van der Waals surface area contributed by atoms with E-state index in [1.54, 1.807) is 0 Å². The quantitative estimate of drug-likeness (QED) is 0.502. The van der Waals surface area contributed by atoms with Gasteiger partial charge < -0.3 is 10.1 Å². The predicted molar refractivity (Wildman–Crippen MR) is 78.2 cm³/mol. The largest absolute Gasteiger partial charge is 0.492 e. The molecule has 2 aromatic rings. The molecule has 1 N–H and O–H groups in total. The Labute approximate surface area is 121 Å². The number of anilines is 1. The van der Waals surface area contributed by atoms with E-state index in [2.05, 4.69) is 5.32 Å². The van der Waals surface area contributed by atoms with Gasteiger partial charge in [0.25, 0.3) is 5.69 Å². The number of ether oxygens (including phenoxy) is 1. The first-order chi connectivity index (χ1) is 10.1. The summed E-state index contributed by atoms with van der Waals surface area (Å²) in [5.74, 6) is 0.105. The van der Waals surface area contributed by atoms with E-state index in [1.165, 1.54) is 12.1 Å². The van der Waals surface area contributed by atoms with Gasteiger partial charge in [-0.25, -0.2) is 4.39 Å². The topological polar surface area (TPSA) is 64.4 Å². The highest BCUT2D eigenvalue weighted by Gasteiger charge is 2.14. The van der Waals surface area contributed by atoms with Crippen molar-refractivity contribution in [1.29, 1.82) is 0 Å². The summed E-state index contributed by atoms with van der Waals surface area (Å²) in [6.07, 6.45) is 0. The summed E-state index contributed by atoms with van der Waals surface area (Å²) < 4.78 is 18.5. The number of benzene rings is 2. The number of aryl methyl sites for hydroxylation is 1. The summed E-state index contributed by atoms with van der Waals surface area (Å²) in [4.78, 5) is 10.2. The molecule has 0 aliphatic heterocycles. The maximum Gasteiger partial charge on any atom is 0.295 e. The molecule has 0 aliphatic rings. The van der Waals surface area contributed by atoms with E-state index in [4.69, 9.17) is 4.74 Å². The van der Waals surface area contributed by atoms with E-state index in [-0.39, 0.29) is 11.4 Å². The first kappa shape index (κ1) is 14.8. The van der Waals surface area contributed by atoms with Crippen LogP contribution in [0.3, 0.4) is 0 Å². The van der Waals surface area contributed by atoms with Crippen LogP contribution in [0, 0.1) is 22.9 Å². The zero-order valence-corrected chi connectivity index (χ0v) is 11.5. The normalized spacial score (nSPS) is 10.2. The van der Waals surface area contributed by atoms with E-state index >= 15 is 0 Å². The molecule has 0 spiro atoms. The van der Waals surface area contributed by atoms with Crippen LogP contribution >= 0.6 is 0 Å². The van der Waals surface area contributed by atoms with Crippen LogP contribution in [0.15, 0.2) is 42.5 Å². The second-order valence-corrected chi connectivity index (χ2v) is 4.51. The third-order valence-corrected chi connectivity index (χ3v) is 2.83. The maximum absolute atomic E-state index is 13.0. The number of hydrogen-bond acceptors (Lipinski definition) is 4. The SMILES string of the molecule is Cc1cccc(OCCNc2ccc(F)cc2[N+](=O)[O-])c1. The van der Waals surface area contributed by atoms with Gasteiger partial charge in [-0.15, -0.1) is 0 Å². The number of rotatable bonds is 6. The lowest BCUT2D eigenvalue weighted by molar-refractivity contribution is -0.384. The Morgan fingerprint density at radius 3 is 2.81 bits per heavy atom. The fourth-order valence-corrected chi connectivity index (χ4v) is 1.87. The van der Waals surface area contributed by atoms with Crippen LogP contribution in [-0.4, -0.2) is 18.1 Å². The molecule has 6 heteroatoms. The molecule has 110 valence electrons. The van der Waals surface area contributed by atoms with Crippen molar-refractivity contribution < 1.29 is 14.1 Å². The molecular weight excluding hydrogens is 275 g/mol. The van der Waals surface area contributed by atoms with Crippen molar-refractivity contribution in [2.24, 2.45) is 0 Å². The summed E-state index contributed by atoms with van der Waals surface area (Å²) in [7, 11) is 0. The first-order valence-corrected chi connectivity index (χ1v) is 6.43. The Kier molecular flexibility index (Phi) is 4.71. The van der Waals surface area contributed by atoms with E-state index in [0.717, 1.165) is 17.4 Å². The highest BCUT2D eigenvalue weighted by Crippen LogP contribution is 2.24. The molecule has 2 aromatic carbocycles. The van der Waals surface area contributed by atoms with E-state index in [0.29, 0.717) is 13.2 Å². The van der Waals surface area contributed by atoms with Gasteiger partial charge in [0.05, 0.1) is 11.0 Å². The molecule has 0 heterocycles. The van der Waals surface area contributed by atoms with Crippen molar-refractivity contribution in [2.75, 3.05) is 18.5 Å². The van der Waals surface area contributed by atoms with Crippen LogP contribution in [0.4, 0.5) is 15.8 Å². The Morgan fingerprint density at radius 2 is 2.10 bits per heavy atom. The summed E-state index contributed by atoms with van der Waals surface area (Å²) in [6.45, 7) is 2.69. The average Bonchev–Trinajstić information content (AvgIpc) is 2.44. The predicted octanol–water partition coefficient (Wildman–Crippen LogP) is 3.53. The molecule has 0 fully saturated rings. The summed E-state index contributed by atoms with van der Waals surface area (Å²) in [5.41, 5.74) is 1.08. The number of nitro groups is 1. The van der Waals surface area contributed by atoms with Crippen molar-refractivity contribution in [3.63, 3.8) is 0 Å². The zero-order chi connectivity index (χ0) is 15.2. The fraction of sp³-hybridized carbons (Fsp3) is 0.200. The van der Waals surface area contributed by atoms with Gasteiger partial charge in [-0.2, -0.15) is 0 Å². The van der Waals surface area contributed by atoms with Crippen molar-refractivity contribution in [1.82, 2.24) is 0 Å². The van der Waals surface area contributed by atoms with Crippen LogP contribution in [-0.2, 0) is 0 Å². The van der Waals surface area contributed by atoms with Gasteiger partial charge in [0.15, 0.2) is 0 Å². The molecule has 0 aromatic heterocycles. The van der Waals surface area contributed by atoms with Gasteiger partial charge in [0.2, 0.25) is 0 Å². The van der Waals surface area contributed by atoms with Gasteiger partial charge in [-0.3, -0.25) is 10.1 Å². The molecule has 2 rings (SSSR count). The highest BCUT2D eigenvalue weighted by molar-refractivity contribution is 5.61. The molecule has 0 bridgehead atoms. The fourth-order valence-electron chi connectivity index (χ4n) is 1.87. The minimum absolute atomic E-state index is 0.272.